The summed E-state index contributed by atoms with van der Waals surface area (Å²) < 4.78 is 13.1. The summed E-state index contributed by atoms with van der Waals surface area (Å²) in [5, 5.41) is 33.1. The summed E-state index contributed by atoms with van der Waals surface area (Å²) in [6.45, 7) is 3.74. The van der Waals surface area contributed by atoms with Crippen LogP contribution in [0.1, 0.15) is 25.3 Å². The van der Waals surface area contributed by atoms with Crippen LogP contribution in [0.15, 0.2) is 47.5 Å². The third-order valence-corrected chi connectivity index (χ3v) is 6.94. The smallest absolute Gasteiger partial charge is 0.313 e. The number of aliphatic hydroxyl groups is 1. The number of thioether (sulfide) groups is 1. The first-order valence-corrected chi connectivity index (χ1v) is 11.9. The lowest BCUT2D eigenvalue weighted by Gasteiger charge is -2.46. The van der Waals surface area contributed by atoms with Crippen LogP contribution in [0.4, 0.5) is 4.39 Å². The lowest BCUT2D eigenvalue weighted by atomic mass is 9.95. The zero-order valence-corrected chi connectivity index (χ0v) is 20.1. The van der Waals surface area contributed by atoms with E-state index in [1.807, 2.05) is 6.92 Å². The number of aliphatic hydroxyl groups excluding tert-OH is 1. The largest absolute Gasteiger partial charge is 0.500 e. The number of nitrogens with two attached hydrogens (primary N) is 2. The summed E-state index contributed by atoms with van der Waals surface area (Å²) >= 11 is 0.886. The molecule has 2 aliphatic heterocycles. The fraction of sp³-hybridized carbons (Fsp3) is 0.391. The first-order chi connectivity index (χ1) is 16.2. The molecule has 1 fully saturated rings. The number of carbonyl (C=O) groups is 2. The van der Waals surface area contributed by atoms with Crippen LogP contribution in [0.2, 0.25) is 0 Å². The van der Waals surface area contributed by atoms with Crippen molar-refractivity contribution in [3.05, 3.63) is 58.9 Å². The van der Waals surface area contributed by atoms with Gasteiger partial charge in [-0.1, -0.05) is 12.1 Å². The molecule has 1 amide bonds. The molecule has 8 N–H and O–H groups in total. The van der Waals surface area contributed by atoms with Gasteiger partial charge in [0, 0.05) is 6.54 Å². The Morgan fingerprint density at radius 3 is 2.59 bits per heavy atom. The van der Waals surface area contributed by atoms with Crippen molar-refractivity contribution in [3.8, 4) is 0 Å². The number of allylic oxidation sites excluding steroid dienone is 1. The number of rotatable bonds is 7. The quantitative estimate of drug-likeness (QED) is 0.167. The number of amides is 1. The molecule has 9 nitrogen and oxygen atoms in total. The number of nitrogens with zero attached hydrogens (tertiary/aromatic N) is 1. The van der Waals surface area contributed by atoms with Crippen LogP contribution in [-0.2, 0) is 16.0 Å². The average molecular weight is 491 g/mol. The molecular weight excluding hydrogens is 459 g/mol. The molecular formula is C23H31FN6O3S+2. The van der Waals surface area contributed by atoms with Gasteiger partial charge in [0.2, 0.25) is 22.3 Å². The normalized spacial score (nSPS) is 17.9. The molecule has 0 aromatic heterocycles. The molecule has 1 saturated heterocycles. The molecule has 0 aliphatic carbocycles. The van der Waals surface area contributed by atoms with Gasteiger partial charge < -0.3 is 15.3 Å². The van der Waals surface area contributed by atoms with Crippen LogP contribution in [-0.4, -0.2) is 64.1 Å². The number of nitrogens with one attached hydrogen (secondary N) is 3. The molecule has 0 spiro atoms. The van der Waals surface area contributed by atoms with Gasteiger partial charge in [-0.2, -0.15) is 0 Å². The van der Waals surface area contributed by atoms with E-state index in [1.165, 1.54) is 23.6 Å². The van der Waals surface area contributed by atoms with E-state index in [0.29, 0.717) is 24.4 Å². The van der Waals surface area contributed by atoms with Crippen LogP contribution in [0, 0.1) is 11.2 Å². The Labute approximate surface area is 201 Å². The monoisotopic (exact) mass is 490 g/mol. The minimum absolute atomic E-state index is 0.0469. The van der Waals surface area contributed by atoms with E-state index in [2.05, 4.69) is 10.6 Å². The van der Waals surface area contributed by atoms with Gasteiger partial charge in [-0.3, -0.25) is 31.0 Å². The second-order valence-electron chi connectivity index (χ2n) is 8.12. The first kappa shape index (κ1) is 25.8. The van der Waals surface area contributed by atoms with Crippen molar-refractivity contribution < 1.29 is 29.8 Å². The van der Waals surface area contributed by atoms with Gasteiger partial charge >= 0.3 is 5.91 Å². The van der Waals surface area contributed by atoms with Gasteiger partial charge in [0.1, 0.15) is 22.6 Å². The molecule has 1 aromatic carbocycles. The molecule has 1 aromatic rings. The fourth-order valence-electron chi connectivity index (χ4n) is 4.23. The second-order valence-corrected chi connectivity index (χ2v) is 9.26. The molecule has 182 valence electrons. The van der Waals surface area contributed by atoms with Gasteiger partial charge in [-0.05, 0) is 69.4 Å². The topological polar surface area (TPSA) is 148 Å². The summed E-state index contributed by atoms with van der Waals surface area (Å²) in [5.74, 6) is -2.27. The van der Waals surface area contributed by atoms with Crippen LogP contribution in [0.5, 0.6) is 0 Å². The number of likely N-dealkylation sites (N-methyl/N-ethyl adjacent to an activating group) is 1. The van der Waals surface area contributed by atoms with Crippen molar-refractivity contribution in [1.82, 2.24) is 15.5 Å². The van der Waals surface area contributed by atoms with E-state index in [4.69, 9.17) is 10.8 Å². The van der Waals surface area contributed by atoms with Gasteiger partial charge in [-0.15, -0.1) is 0 Å². The lowest BCUT2D eigenvalue weighted by Crippen LogP contribution is -2.82. The van der Waals surface area contributed by atoms with Gasteiger partial charge in [-0.25, -0.2) is 4.39 Å². The Balaban J connectivity index is 1.70. The maximum atomic E-state index is 13.4. The molecule has 0 saturated carbocycles. The molecule has 11 heteroatoms. The van der Waals surface area contributed by atoms with Crippen molar-refractivity contribution in [3.63, 3.8) is 0 Å². The van der Waals surface area contributed by atoms with E-state index >= 15 is 0 Å². The summed E-state index contributed by atoms with van der Waals surface area (Å²) in [5.41, 5.74) is 0.0536. The number of carbonyl (C=O) groups excluding carboxylic acids is 2. The first-order valence-electron chi connectivity index (χ1n) is 11.1. The van der Waals surface area contributed by atoms with Crippen molar-refractivity contribution in [2.75, 3.05) is 26.7 Å². The number of hydrogen-bond acceptors (Lipinski definition) is 7. The van der Waals surface area contributed by atoms with Gasteiger partial charge in [0.05, 0.1) is 12.1 Å². The van der Waals surface area contributed by atoms with E-state index < -0.39 is 23.1 Å². The van der Waals surface area contributed by atoms with Crippen LogP contribution < -0.4 is 21.4 Å². The summed E-state index contributed by atoms with van der Waals surface area (Å²) in [6, 6.07) is 5.84. The fourth-order valence-corrected chi connectivity index (χ4v) is 5.00. The minimum Gasteiger partial charge on any atom is -0.500 e. The molecule has 34 heavy (non-hydrogen) atoms. The number of ketones is 1. The van der Waals surface area contributed by atoms with E-state index in [-0.39, 0.29) is 28.6 Å². The van der Waals surface area contributed by atoms with Crippen LogP contribution >= 0.6 is 11.8 Å². The Bertz CT molecular complexity index is 1050. The third-order valence-electron chi connectivity index (χ3n) is 6.11. The predicted octanol–water partition coefficient (Wildman–Crippen LogP) is -0.817. The highest BCUT2D eigenvalue weighted by Crippen LogP contribution is 2.25. The lowest BCUT2D eigenvalue weighted by molar-refractivity contribution is -0.532. The van der Waals surface area contributed by atoms with Crippen molar-refractivity contribution >= 4 is 33.5 Å². The summed E-state index contributed by atoms with van der Waals surface area (Å²) in [4.78, 5) is 27.9. The van der Waals surface area contributed by atoms with Crippen LogP contribution in [0.3, 0.4) is 0 Å². The third kappa shape index (κ3) is 5.44. The molecule has 2 aliphatic rings. The standard InChI is InChI=1S/C23H29FN6O3S/c1-3-30(23(27-2)8-10-28-11-9-23)22(33)18-20(32)19(31)16(13-29-18)21(26)34-17(25)12-14-4-6-15(24)7-5-14/h4-7,13,25-28,32H,3,8-12H2,1-2H3,(H,29,31)/p+2. The number of benzene rings is 1. The Morgan fingerprint density at radius 2 is 2.00 bits per heavy atom. The Morgan fingerprint density at radius 1 is 1.35 bits per heavy atom. The van der Waals surface area contributed by atoms with Gasteiger partial charge in [0.25, 0.3) is 0 Å². The predicted molar refractivity (Wildman–Crippen MR) is 128 cm³/mol. The zero-order valence-electron chi connectivity index (χ0n) is 19.3. The number of halogens is 1. The molecule has 0 radical (unpaired) electrons. The van der Waals surface area contributed by atoms with Crippen LogP contribution in [0.25, 0.3) is 0 Å². The number of Topliss-reactive ketones (excluding diaryl/α,β-unsaturated/α-hetero) is 1. The number of quaternary nitrogens is 1. The Kier molecular flexibility index (Phi) is 8.37. The van der Waals surface area contributed by atoms with E-state index in [9.17, 15) is 19.1 Å². The second kappa shape index (κ2) is 11.0. The SMILES string of the molecule is CCN(C(=O)C1=C(O)C(=O)C(C(=N)SC(=[NH2+])Cc2ccc(F)cc2)=C[NH2+]1)C1(NC)CCNCC1. The number of hydrogen-bond donors (Lipinski definition) is 6. The molecule has 2 heterocycles. The molecule has 0 unspecified atom stereocenters. The maximum Gasteiger partial charge on any atom is 0.313 e. The van der Waals surface area contributed by atoms with Crippen molar-refractivity contribution in [1.29, 1.82) is 5.41 Å². The molecule has 3 rings (SSSR count). The minimum atomic E-state index is -0.794. The van der Waals surface area contributed by atoms with Crippen molar-refractivity contribution in [2.24, 2.45) is 0 Å². The highest BCUT2D eigenvalue weighted by molar-refractivity contribution is 8.26. The highest BCUT2D eigenvalue weighted by Gasteiger charge is 2.43. The van der Waals surface area contributed by atoms with E-state index in [1.54, 1.807) is 24.1 Å². The number of piperidine rings is 1. The summed E-state index contributed by atoms with van der Waals surface area (Å²) in [7, 11) is 1.80. The average Bonchev–Trinajstić information content (AvgIpc) is 2.83. The highest BCUT2D eigenvalue weighted by atomic mass is 32.2. The maximum absolute atomic E-state index is 13.4. The summed E-state index contributed by atoms with van der Waals surface area (Å²) in [6.07, 6.45) is 3.04. The molecule has 0 bridgehead atoms. The zero-order chi connectivity index (χ0) is 24.9. The Hall–Kier alpha value is -2.86. The molecule has 0 atom stereocenters. The van der Waals surface area contributed by atoms with E-state index in [0.717, 1.165) is 30.4 Å². The van der Waals surface area contributed by atoms with Gasteiger partial charge in [0.15, 0.2) is 0 Å². The van der Waals surface area contributed by atoms with Crippen molar-refractivity contribution in [2.45, 2.75) is 31.8 Å².